The van der Waals surface area contributed by atoms with Gasteiger partial charge >= 0.3 is 0 Å². The molecule has 0 amide bonds. The SMILES string of the molecule is NC(=S)Nc1ccc(I)cn1. The van der Waals surface area contributed by atoms with Crippen molar-refractivity contribution in [2.45, 2.75) is 0 Å². The van der Waals surface area contributed by atoms with Crippen molar-refractivity contribution in [3.8, 4) is 0 Å². The minimum atomic E-state index is 0.235. The van der Waals surface area contributed by atoms with Crippen LogP contribution >= 0.6 is 34.8 Å². The molecule has 5 heteroatoms. The molecule has 1 aromatic heterocycles. The number of nitrogens with two attached hydrogens (primary N) is 1. The molecule has 0 aliphatic carbocycles. The topological polar surface area (TPSA) is 50.9 Å². The molecule has 0 saturated heterocycles. The fraction of sp³-hybridized carbons (Fsp3) is 0. The first kappa shape index (κ1) is 8.66. The molecule has 0 fully saturated rings. The van der Waals surface area contributed by atoms with Gasteiger partial charge in [0, 0.05) is 9.77 Å². The summed E-state index contributed by atoms with van der Waals surface area (Å²) in [5.41, 5.74) is 5.24. The molecule has 0 spiro atoms. The molecule has 0 atom stereocenters. The summed E-state index contributed by atoms with van der Waals surface area (Å²) in [5, 5.41) is 2.96. The summed E-state index contributed by atoms with van der Waals surface area (Å²) in [6.45, 7) is 0. The van der Waals surface area contributed by atoms with Gasteiger partial charge < -0.3 is 11.1 Å². The van der Waals surface area contributed by atoms with Gasteiger partial charge in [0.15, 0.2) is 5.11 Å². The molecule has 58 valence electrons. The van der Waals surface area contributed by atoms with E-state index in [1.54, 1.807) is 6.20 Å². The summed E-state index contributed by atoms with van der Waals surface area (Å²) in [5.74, 6) is 0.679. The van der Waals surface area contributed by atoms with Crippen molar-refractivity contribution >= 4 is 45.7 Å². The van der Waals surface area contributed by atoms with Gasteiger partial charge in [-0.1, -0.05) is 0 Å². The highest BCUT2D eigenvalue weighted by molar-refractivity contribution is 14.1. The van der Waals surface area contributed by atoms with Gasteiger partial charge in [0.1, 0.15) is 5.82 Å². The maximum atomic E-state index is 5.24. The van der Waals surface area contributed by atoms with Crippen LogP contribution in [0.5, 0.6) is 0 Å². The molecule has 0 radical (unpaired) electrons. The molecule has 1 heterocycles. The number of hydrogen-bond donors (Lipinski definition) is 2. The van der Waals surface area contributed by atoms with Crippen LogP contribution in [0.1, 0.15) is 0 Å². The van der Waals surface area contributed by atoms with Crippen LogP contribution in [0.4, 0.5) is 5.82 Å². The first-order valence-electron chi connectivity index (χ1n) is 2.86. The number of hydrogen-bond acceptors (Lipinski definition) is 2. The summed E-state index contributed by atoms with van der Waals surface area (Å²) in [6, 6.07) is 3.75. The van der Waals surface area contributed by atoms with Crippen molar-refractivity contribution in [2.24, 2.45) is 5.73 Å². The lowest BCUT2D eigenvalue weighted by Crippen LogP contribution is -2.19. The third-order valence-corrected chi connectivity index (χ3v) is 1.72. The van der Waals surface area contributed by atoms with Crippen molar-refractivity contribution < 1.29 is 0 Å². The maximum absolute atomic E-state index is 5.24. The monoisotopic (exact) mass is 279 g/mol. The van der Waals surface area contributed by atoms with E-state index in [1.165, 1.54) is 0 Å². The van der Waals surface area contributed by atoms with E-state index in [-0.39, 0.29) is 5.11 Å². The van der Waals surface area contributed by atoms with Crippen molar-refractivity contribution in [3.63, 3.8) is 0 Å². The van der Waals surface area contributed by atoms with Gasteiger partial charge in [-0.2, -0.15) is 0 Å². The van der Waals surface area contributed by atoms with E-state index in [2.05, 4.69) is 45.1 Å². The second-order valence-electron chi connectivity index (χ2n) is 1.85. The van der Waals surface area contributed by atoms with Gasteiger partial charge in [0.2, 0.25) is 0 Å². The molecule has 0 bridgehead atoms. The summed E-state index contributed by atoms with van der Waals surface area (Å²) >= 11 is 6.81. The van der Waals surface area contributed by atoms with Crippen LogP contribution in [0.25, 0.3) is 0 Å². The zero-order chi connectivity index (χ0) is 8.27. The highest BCUT2D eigenvalue weighted by Crippen LogP contribution is 2.06. The molecule has 11 heavy (non-hydrogen) atoms. The summed E-state index contributed by atoms with van der Waals surface area (Å²) in [4.78, 5) is 4.03. The number of halogens is 1. The molecule has 0 aliphatic heterocycles. The van der Waals surface area contributed by atoms with Crippen molar-refractivity contribution in [1.82, 2.24) is 4.98 Å². The fourth-order valence-corrected chi connectivity index (χ4v) is 1.000. The molecule has 3 N–H and O–H groups in total. The van der Waals surface area contributed by atoms with Gasteiger partial charge in [-0.3, -0.25) is 0 Å². The number of thiocarbonyl (C=S) groups is 1. The Kier molecular flexibility index (Phi) is 3.01. The quantitative estimate of drug-likeness (QED) is 0.601. The molecule has 0 saturated carbocycles. The Morgan fingerprint density at radius 1 is 1.64 bits per heavy atom. The van der Waals surface area contributed by atoms with E-state index in [9.17, 15) is 0 Å². The number of pyridine rings is 1. The van der Waals surface area contributed by atoms with Crippen LogP contribution in [0.2, 0.25) is 0 Å². The minimum Gasteiger partial charge on any atom is -0.376 e. The third-order valence-electron chi connectivity index (χ3n) is 0.979. The van der Waals surface area contributed by atoms with Crippen molar-refractivity contribution in [1.29, 1.82) is 0 Å². The van der Waals surface area contributed by atoms with E-state index >= 15 is 0 Å². The fourth-order valence-electron chi connectivity index (χ4n) is 0.576. The molecule has 0 unspecified atom stereocenters. The molecular weight excluding hydrogens is 273 g/mol. The largest absolute Gasteiger partial charge is 0.376 e. The molecule has 1 aromatic rings. The molecule has 0 aliphatic rings. The average Bonchev–Trinajstić information content (AvgIpc) is 1.93. The van der Waals surface area contributed by atoms with Gasteiger partial charge in [-0.05, 0) is 46.9 Å². The molecule has 1 rings (SSSR count). The lowest BCUT2D eigenvalue weighted by atomic mass is 10.5. The number of anilines is 1. The first-order chi connectivity index (χ1) is 5.18. The van der Waals surface area contributed by atoms with E-state index in [1.807, 2.05) is 12.1 Å². The Labute approximate surface area is 83.5 Å². The van der Waals surface area contributed by atoms with E-state index in [0.717, 1.165) is 3.57 Å². The Morgan fingerprint density at radius 3 is 2.82 bits per heavy atom. The average molecular weight is 279 g/mol. The van der Waals surface area contributed by atoms with Crippen LogP contribution in [0.15, 0.2) is 18.3 Å². The molecule has 0 aromatic carbocycles. The zero-order valence-electron chi connectivity index (χ0n) is 5.54. The Morgan fingerprint density at radius 2 is 2.36 bits per heavy atom. The van der Waals surface area contributed by atoms with Gasteiger partial charge in [0.05, 0.1) is 0 Å². The van der Waals surface area contributed by atoms with Gasteiger partial charge in [-0.15, -0.1) is 0 Å². The van der Waals surface area contributed by atoms with Gasteiger partial charge in [-0.25, -0.2) is 4.98 Å². The molecule has 3 nitrogen and oxygen atoms in total. The Hall–Kier alpha value is -0.430. The smallest absolute Gasteiger partial charge is 0.169 e. The second-order valence-corrected chi connectivity index (χ2v) is 3.54. The Balaban J connectivity index is 2.74. The van der Waals surface area contributed by atoms with Crippen LogP contribution in [0, 0.1) is 3.57 Å². The zero-order valence-corrected chi connectivity index (χ0v) is 8.52. The Bertz CT molecular complexity index is 259. The lowest BCUT2D eigenvalue weighted by Gasteiger charge is -2.00. The number of nitrogens with one attached hydrogen (secondary N) is 1. The standard InChI is InChI=1S/C6H6IN3S/c7-4-1-2-5(9-3-4)10-6(8)11/h1-3H,(H3,8,9,10,11). The maximum Gasteiger partial charge on any atom is 0.169 e. The minimum absolute atomic E-state index is 0.235. The van der Waals surface area contributed by atoms with Crippen molar-refractivity contribution in [3.05, 3.63) is 21.9 Å². The highest BCUT2D eigenvalue weighted by Gasteiger charge is 1.92. The summed E-state index contributed by atoms with van der Waals surface area (Å²) in [7, 11) is 0. The number of nitrogens with zero attached hydrogens (tertiary/aromatic N) is 1. The summed E-state index contributed by atoms with van der Waals surface area (Å²) in [6.07, 6.45) is 1.74. The van der Waals surface area contributed by atoms with Crippen LogP contribution in [-0.2, 0) is 0 Å². The van der Waals surface area contributed by atoms with Crippen LogP contribution in [0.3, 0.4) is 0 Å². The van der Waals surface area contributed by atoms with E-state index in [0.29, 0.717) is 5.82 Å². The molecular formula is C6H6IN3S. The van der Waals surface area contributed by atoms with Crippen LogP contribution < -0.4 is 11.1 Å². The first-order valence-corrected chi connectivity index (χ1v) is 4.35. The highest BCUT2D eigenvalue weighted by atomic mass is 127. The predicted molar refractivity (Wildman–Crippen MR) is 57.4 cm³/mol. The second kappa shape index (κ2) is 3.82. The summed E-state index contributed by atoms with van der Waals surface area (Å²) < 4.78 is 1.08. The van der Waals surface area contributed by atoms with Gasteiger partial charge in [0.25, 0.3) is 0 Å². The number of rotatable bonds is 1. The van der Waals surface area contributed by atoms with E-state index < -0.39 is 0 Å². The number of aromatic nitrogens is 1. The van der Waals surface area contributed by atoms with Crippen molar-refractivity contribution in [2.75, 3.05) is 5.32 Å². The van der Waals surface area contributed by atoms with Crippen LogP contribution in [-0.4, -0.2) is 10.1 Å². The predicted octanol–water partition coefficient (Wildman–Crippen LogP) is 1.34. The lowest BCUT2D eigenvalue weighted by molar-refractivity contribution is 1.30. The third kappa shape index (κ3) is 2.98. The normalized spacial score (nSPS) is 9.18. The van der Waals surface area contributed by atoms with E-state index in [4.69, 9.17) is 5.73 Å².